The van der Waals surface area contributed by atoms with E-state index in [0.717, 1.165) is 17.9 Å². The van der Waals surface area contributed by atoms with Crippen molar-refractivity contribution in [3.05, 3.63) is 5.69 Å². The number of aryl methyl sites for hydroxylation is 1. The van der Waals surface area contributed by atoms with Gasteiger partial charge in [0.05, 0.1) is 17.8 Å². The van der Waals surface area contributed by atoms with E-state index >= 15 is 0 Å². The number of ether oxygens (including phenoxy) is 3. The molecule has 3 heterocycles. The molecule has 2 aromatic heterocycles. The number of fused-ring (bicyclic) bond motifs is 2. The third kappa shape index (κ3) is 3.96. The Labute approximate surface area is 172 Å². The summed E-state index contributed by atoms with van der Waals surface area (Å²) in [6.07, 6.45) is 0.385. The van der Waals surface area contributed by atoms with Crippen LogP contribution < -0.4 is 0 Å². The normalized spacial score (nSPS) is 28.1. The lowest BCUT2D eigenvalue weighted by Crippen LogP contribution is -2.32. The largest absolute Gasteiger partial charge is 0.480 e. The lowest BCUT2D eigenvalue weighted by Gasteiger charge is -2.23. The van der Waals surface area contributed by atoms with Crippen LogP contribution in [0, 0.1) is 6.92 Å². The summed E-state index contributed by atoms with van der Waals surface area (Å²) < 4.78 is 19.5. The van der Waals surface area contributed by atoms with Gasteiger partial charge >= 0.3 is 5.97 Å². The zero-order valence-corrected chi connectivity index (χ0v) is 17.7. The van der Waals surface area contributed by atoms with Gasteiger partial charge in [-0.1, -0.05) is 23.9 Å². The van der Waals surface area contributed by atoms with Gasteiger partial charge in [-0.2, -0.15) is 0 Å². The molecule has 0 aromatic carbocycles. The Morgan fingerprint density at radius 3 is 2.83 bits per heavy atom. The molecule has 1 N–H and O–H groups in total. The van der Waals surface area contributed by atoms with Crippen molar-refractivity contribution in [1.82, 2.24) is 25.0 Å². The third-order valence-electron chi connectivity index (χ3n) is 5.03. The maximum absolute atomic E-state index is 11.0. The second kappa shape index (κ2) is 7.78. The SMILES string of the molecule is CCCSc1nc(C)c2nnn([C@@H]3C[C@H](OCC(=O)O)[C@H]4OC(C)(C)O[C@H]43)c2n1. The smallest absolute Gasteiger partial charge is 0.329 e. The first-order valence-corrected chi connectivity index (χ1v) is 10.7. The first-order chi connectivity index (χ1) is 13.8. The Bertz CT molecular complexity index is 919. The molecule has 4 atom stereocenters. The fourth-order valence-electron chi connectivity index (χ4n) is 3.91. The Morgan fingerprint density at radius 1 is 1.34 bits per heavy atom. The lowest BCUT2D eigenvalue weighted by atomic mass is 10.2. The first-order valence-electron chi connectivity index (χ1n) is 9.70. The van der Waals surface area contributed by atoms with Gasteiger partial charge < -0.3 is 19.3 Å². The molecule has 0 amide bonds. The van der Waals surface area contributed by atoms with Crippen LogP contribution in [0.25, 0.3) is 11.2 Å². The Balaban J connectivity index is 1.68. The van der Waals surface area contributed by atoms with Crippen molar-refractivity contribution < 1.29 is 24.1 Å². The molecule has 0 radical (unpaired) electrons. The second-order valence-corrected chi connectivity index (χ2v) is 8.82. The van der Waals surface area contributed by atoms with E-state index in [-0.39, 0.29) is 24.9 Å². The maximum Gasteiger partial charge on any atom is 0.329 e. The highest BCUT2D eigenvalue weighted by Crippen LogP contribution is 2.45. The molecule has 29 heavy (non-hydrogen) atoms. The molecule has 2 fully saturated rings. The van der Waals surface area contributed by atoms with Crippen molar-refractivity contribution in [3.8, 4) is 0 Å². The highest BCUT2D eigenvalue weighted by atomic mass is 32.2. The van der Waals surface area contributed by atoms with Crippen LogP contribution in [0.1, 0.15) is 45.3 Å². The van der Waals surface area contributed by atoms with E-state index in [9.17, 15) is 4.79 Å². The molecule has 10 nitrogen and oxygen atoms in total. The molecule has 158 valence electrons. The monoisotopic (exact) mass is 423 g/mol. The van der Waals surface area contributed by atoms with Crippen molar-refractivity contribution in [2.75, 3.05) is 12.4 Å². The first kappa shape index (κ1) is 20.5. The highest BCUT2D eigenvalue weighted by Gasteiger charge is 2.56. The molecule has 0 bridgehead atoms. The van der Waals surface area contributed by atoms with Crippen LogP contribution in [0.3, 0.4) is 0 Å². The number of carboxylic acid groups (broad SMARTS) is 1. The molecule has 4 rings (SSSR count). The van der Waals surface area contributed by atoms with Crippen molar-refractivity contribution in [3.63, 3.8) is 0 Å². The summed E-state index contributed by atoms with van der Waals surface area (Å²) in [4.78, 5) is 20.2. The zero-order chi connectivity index (χ0) is 20.8. The summed E-state index contributed by atoms with van der Waals surface area (Å²) in [6.45, 7) is 7.29. The summed E-state index contributed by atoms with van der Waals surface area (Å²) in [7, 11) is 0. The van der Waals surface area contributed by atoms with Gasteiger partial charge in [-0.15, -0.1) is 5.10 Å². The van der Waals surface area contributed by atoms with Gasteiger partial charge in [0, 0.05) is 12.2 Å². The number of nitrogens with zero attached hydrogens (tertiary/aromatic N) is 5. The molecule has 1 aliphatic heterocycles. The number of thioether (sulfide) groups is 1. The van der Waals surface area contributed by atoms with Gasteiger partial charge in [-0.05, 0) is 27.2 Å². The fraction of sp³-hybridized carbons (Fsp3) is 0.722. The number of hydrogen-bond acceptors (Lipinski definition) is 9. The number of rotatable bonds is 7. The summed E-state index contributed by atoms with van der Waals surface area (Å²) in [5, 5.41) is 18.3. The Hall–Kier alpha value is -1.82. The molecule has 1 saturated heterocycles. The van der Waals surface area contributed by atoms with Crippen LogP contribution in [0.5, 0.6) is 0 Å². The minimum absolute atomic E-state index is 0.233. The summed E-state index contributed by atoms with van der Waals surface area (Å²) in [5.41, 5.74) is 2.07. The summed E-state index contributed by atoms with van der Waals surface area (Å²) in [5.74, 6) is -0.880. The molecule has 2 aromatic rings. The number of carboxylic acids is 1. The van der Waals surface area contributed by atoms with Gasteiger partial charge in [0.15, 0.2) is 22.1 Å². The fourth-order valence-corrected chi connectivity index (χ4v) is 4.65. The van der Waals surface area contributed by atoms with E-state index in [2.05, 4.69) is 27.2 Å². The van der Waals surface area contributed by atoms with Gasteiger partial charge in [-0.3, -0.25) is 0 Å². The number of carbonyl (C=O) groups is 1. The van der Waals surface area contributed by atoms with E-state index in [1.807, 2.05) is 20.8 Å². The van der Waals surface area contributed by atoms with Gasteiger partial charge in [0.1, 0.15) is 18.8 Å². The van der Waals surface area contributed by atoms with Crippen LogP contribution in [-0.4, -0.2) is 72.5 Å². The van der Waals surface area contributed by atoms with E-state index in [1.165, 1.54) is 0 Å². The van der Waals surface area contributed by atoms with Crippen molar-refractivity contribution in [2.24, 2.45) is 0 Å². The number of aliphatic carboxylic acids is 1. The molecule has 0 spiro atoms. The van der Waals surface area contributed by atoms with Crippen LogP contribution in [0.4, 0.5) is 0 Å². The molecule has 2 aliphatic rings. The van der Waals surface area contributed by atoms with E-state index in [0.29, 0.717) is 22.7 Å². The van der Waals surface area contributed by atoms with Crippen LogP contribution >= 0.6 is 11.8 Å². The Kier molecular flexibility index (Phi) is 5.49. The van der Waals surface area contributed by atoms with Crippen LogP contribution in [0.15, 0.2) is 5.16 Å². The van der Waals surface area contributed by atoms with Crippen LogP contribution in [-0.2, 0) is 19.0 Å². The summed E-state index contributed by atoms with van der Waals surface area (Å²) >= 11 is 1.60. The van der Waals surface area contributed by atoms with E-state index in [4.69, 9.17) is 19.3 Å². The van der Waals surface area contributed by atoms with E-state index < -0.39 is 17.9 Å². The highest BCUT2D eigenvalue weighted by molar-refractivity contribution is 7.99. The molecule has 11 heteroatoms. The molecule has 1 aliphatic carbocycles. The van der Waals surface area contributed by atoms with Crippen molar-refractivity contribution in [2.45, 2.75) is 75.8 Å². The van der Waals surface area contributed by atoms with Crippen molar-refractivity contribution in [1.29, 1.82) is 0 Å². The van der Waals surface area contributed by atoms with Gasteiger partial charge in [0.25, 0.3) is 0 Å². The minimum atomic E-state index is -1.02. The number of aromatic nitrogens is 5. The molecular weight excluding hydrogens is 398 g/mol. The Morgan fingerprint density at radius 2 is 2.10 bits per heavy atom. The average molecular weight is 423 g/mol. The molecular formula is C18H25N5O5S. The number of hydrogen-bond donors (Lipinski definition) is 1. The topological polar surface area (TPSA) is 121 Å². The summed E-state index contributed by atoms with van der Waals surface area (Å²) in [6, 6.07) is -0.233. The minimum Gasteiger partial charge on any atom is -0.480 e. The standard InChI is InChI=1S/C18H25N5O5S/c1-5-6-29-17-19-9(2)13-16(20-17)23(22-21-13)10-7-11(26-8-12(24)25)15-14(10)27-18(3,4)28-15/h10-11,14-15H,5-8H2,1-4H3,(H,24,25)/t10-,11+,14+,15-/m1/s1. The quantitative estimate of drug-likeness (QED) is 0.522. The lowest BCUT2D eigenvalue weighted by molar-refractivity contribution is -0.173. The predicted octanol–water partition coefficient (Wildman–Crippen LogP) is 1.97. The maximum atomic E-state index is 11.0. The third-order valence-corrected chi connectivity index (χ3v) is 6.08. The average Bonchev–Trinajstić information content (AvgIpc) is 3.29. The van der Waals surface area contributed by atoms with Crippen LogP contribution in [0.2, 0.25) is 0 Å². The van der Waals surface area contributed by atoms with E-state index in [1.54, 1.807) is 16.4 Å². The zero-order valence-electron chi connectivity index (χ0n) is 16.9. The van der Waals surface area contributed by atoms with Crippen molar-refractivity contribution >= 4 is 28.9 Å². The van der Waals surface area contributed by atoms with Gasteiger partial charge in [0.2, 0.25) is 0 Å². The predicted molar refractivity (Wildman–Crippen MR) is 104 cm³/mol. The molecule has 0 unspecified atom stereocenters. The molecule has 1 saturated carbocycles. The van der Waals surface area contributed by atoms with Gasteiger partial charge in [-0.25, -0.2) is 19.4 Å². The second-order valence-electron chi connectivity index (χ2n) is 7.76.